The van der Waals surface area contributed by atoms with E-state index < -0.39 is 0 Å². The van der Waals surface area contributed by atoms with Gasteiger partial charge in [-0.15, -0.1) is 0 Å². The number of nitrogens with zero attached hydrogens (tertiary/aromatic N) is 3. The number of anilines is 1. The third kappa shape index (κ3) is 7.68. The van der Waals surface area contributed by atoms with Crippen molar-refractivity contribution >= 4 is 29.2 Å². The number of nitrogens with one attached hydrogen (secondary N) is 1. The second-order valence-electron chi connectivity index (χ2n) is 9.69. The minimum absolute atomic E-state index is 0.0965. The quantitative estimate of drug-likeness (QED) is 0.365. The first-order valence-electron chi connectivity index (χ1n) is 13.3. The zero-order valence-corrected chi connectivity index (χ0v) is 23.0. The van der Waals surface area contributed by atoms with E-state index in [4.69, 9.17) is 30.2 Å². The first kappa shape index (κ1) is 27.8. The van der Waals surface area contributed by atoms with Gasteiger partial charge in [-0.1, -0.05) is 23.7 Å². The first-order chi connectivity index (χ1) is 19.5. The molecule has 3 amide bonds. The van der Waals surface area contributed by atoms with Crippen molar-refractivity contribution in [3.05, 3.63) is 77.2 Å². The van der Waals surface area contributed by atoms with Crippen molar-refractivity contribution in [2.24, 2.45) is 0 Å². The van der Waals surface area contributed by atoms with E-state index in [1.807, 2.05) is 24.3 Å². The molecule has 212 valence electrons. The second-order valence-corrected chi connectivity index (χ2v) is 10.1. The average Bonchev–Trinajstić information content (AvgIpc) is 3.64. The molecule has 0 atom stereocenters. The summed E-state index contributed by atoms with van der Waals surface area (Å²) in [7, 11) is 0. The first-order valence-corrected chi connectivity index (χ1v) is 13.7. The summed E-state index contributed by atoms with van der Waals surface area (Å²) in [4.78, 5) is 32.7. The molecule has 5 rings (SSSR count). The summed E-state index contributed by atoms with van der Waals surface area (Å²) in [5, 5.41) is 3.40. The molecule has 1 saturated heterocycles. The van der Waals surface area contributed by atoms with Crippen LogP contribution in [0.4, 0.5) is 10.5 Å². The number of benzene rings is 2. The molecular weight excluding hydrogens is 536 g/mol. The van der Waals surface area contributed by atoms with Crippen molar-refractivity contribution < 1.29 is 28.2 Å². The van der Waals surface area contributed by atoms with Crippen LogP contribution in [-0.4, -0.2) is 79.4 Å². The summed E-state index contributed by atoms with van der Waals surface area (Å²) < 4.78 is 21.9. The highest BCUT2D eigenvalue weighted by Gasteiger charge is 2.24. The number of carbonyl (C=O) groups excluding carboxylic acids is 2. The van der Waals surface area contributed by atoms with Crippen LogP contribution in [0.1, 0.15) is 17.7 Å². The number of rotatable bonds is 11. The molecule has 1 N–H and O–H groups in total. The smallest absolute Gasteiger partial charge is 0.322 e. The number of urea groups is 1. The van der Waals surface area contributed by atoms with Crippen molar-refractivity contribution in [1.29, 1.82) is 0 Å². The molecule has 11 heteroatoms. The van der Waals surface area contributed by atoms with Crippen LogP contribution in [0.2, 0.25) is 5.02 Å². The third-order valence-corrected chi connectivity index (χ3v) is 7.02. The molecule has 3 aromatic rings. The third-order valence-electron chi connectivity index (χ3n) is 6.79. The summed E-state index contributed by atoms with van der Waals surface area (Å²) >= 11 is 6.12. The van der Waals surface area contributed by atoms with Gasteiger partial charge in [0.1, 0.15) is 12.3 Å². The second kappa shape index (κ2) is 13.6. The lowest BCUT2D eigenvalue weighted by atomic mass is 10.2. The maximum Gasteiger partial charge on any atom is 0.322 e. The Hall–Kier alpha value is -3.73. The Bertz CT molecular complexity index is 1280. The van der Waals surface area contributed by atoms with Crippen LogP contribution in [-0.2, 0) is 22.6 Å². The van der Waals surface area contributed by atoms with Gasteiger partial charge in [-0.05, 0) is 54.4 Å². The van der Waals surface area contributed by atoms with Crippen molar-refractivity contribution in [2.75, 3.05) is 58.0 Å². The van der Waals surface area contributed by atoms with Gasteiger partial charge in [0.2, 0.25) is 12.7 Å². The molecule has 2 aliphatic rings. The molecule has 1 fully saturated rings. The molecular formula is C29H33ClN4O6. The Morgan fingerprint density at radius 2 is 1.80 bits per heavy atom. The number of hydrogen-bond donors (Lipinski definition) is 1. The molecule has 0 saturated carbocycles. The van der Waals surface area contributed by atoms with E-state index in [2.05, 4.69) is 10.2 Å². The lowest BCUT2D eigenvalue weighted by Gasteiger charge is -2.30. The van der Waals surface area contributed by atoms with E-state index in [0.29, 0.717) is 54.3 Å². The number of halogens is 1. The molecule has 0 bridgehead atoms. The van der Waals surface area contributed by atoms with Crippen LogP contribution in [0, 0.1) is 0 Å². The van der Waals surface area contributed by atoms with Crippen LogP contribution in [0.3, 0.4) is 0 Å². The lowest BCUT2D eigenvalue weighted by Crippen LogP contribution is -2.45. The Morgan fingerprint density at radius 1 is 0.950 bits per heavy atom. The molecule has 2 aliphatic heterocycles. The van der Waals surface area contributed by atoms with E-state index in [1.54, 1.807) is 46.4 Å². The fourth-order valence-corrected chi connectivity index (χ4v) is 4.87. The molecule has 0 unspecified atom stereocenters. The van der Waals surface area contributed by atoms with E-state index in [-0.39, 0.29) is 31.8 Å². The molecule has 0 aliphatic carbocycles. The summed E-state index contributed by atoms with van der Waals surface area (Å²) in [6.45, 7) is 5.01. The normalized spacial score (nSPS) is 14.6. The minimum atomic E-state index is -0.362. The number of morpholine rings is 1. The van der Waals surface area contributed by atoms with E-state index in [9.17, 15) is 9.59 Å². The van der Waals surface area contributed by atoms with E-state index >= 15 is 0 Å². The molecule has 2 aromatic carbocycles. The molecule has 40 heavy (non-hydrogen) atoms. The fourth-order valence-electron chi connectivity index (χ4n) is 4.68. The van der Waals surface area contributed by atoms with Crippen molar-refractivity contribution in [3.63, 3.8) is 0 Å². The number of ether oxygens (including phenoxy) is 3. The summed E-state index contributed by atoms with van der Waals surface area (Å²) in [6.07, 6.45) is 2.30. The topological polar surface area (TPSA) is 96.7 Å². The summed E-state index contributed by atoms with van der Waals surface area (Å²) in [6, 6.07) is 15.8. The largest absolute Gasteiger partial charge is 0.467 e. The maximum atomic E-state index is 13.8. The standard InChI is InChI=1S/C29H33ClN4O6/c30-23-4-1-5-24(17-23)31-29(36)33(10-3-9-32-11-14-37-15-12-32)20-28(35)34(19-25-6-2-13-38-25)18-22-7-8-26-27(16-22)40-21-39-26/h1-2,4-8,13,16-17H,3,9-12,14-15,18-21H2,(H,31,36). The van der Waals surface area contributed by atoms with Crippen LogP contribution >= 0.6 is 11.6 Å². The highest BCUT2D eigenvalue weighted by molar-refractivity contribution is 6.30. The van der Waals surface area contributed by atoms with Gasteiger partial charge in [-0.2, -0.15) is 0 Å². The Labute approximate surface area is 238 Å². The predicted octanol–water partition coefficient (Wildman–Crippen LogP) is 4.45. The fraction of sp³-hybridized carbons (Fsp3) is 0.379. The van der Waals surface area contributed by atoms with E-state index in [1.165, 1.54) is 0 Å². The highest BCUT2D eigenvalue weighted by atomic mass is 35.5. The van der Waals surface area contributed by atoms with Crippen LogP contribution in [0.15, 0.2) is 65.3 Å². The molecule has 0 radical (unpaired) electrons. The van der Waals surface area contributed by atoms with Gasteiger partial charge in [0.15, 0.2) is 11.5 Å². The monoisotopic (exact) mass is 568 g/mol. The minimum Gasteiger partial charge on any atom is -0.467 e. The van der Waals surface area contributed by atoms with Gasteiger partial charge >= 0.3 is 6.03 Å². The van der Waals surface area contributed by atoms with Gasteiger partial charge in [0.25, 0.3) is 0 Å². The van der Waals surface area contributed by atoms with Crippen LogP contribution < -0.4 is 14.8 Å². The average molecular weight is 569 g/mol. The van der Waals surface area contributed by atoms with Gasteiger partial charge in [0.05, 0.1) is 26.0 Å². The lowest BCUT2D eigenvalue weighted by molar-refractivity contribution is -0.133. The Morgan fingerprint density at radius 3 is 2.60 bits per heavy atom. The molecule has 1 aromatic heterocycles. The van der Waals surface area contributed by atoms with E-state index in [0.717, 1.165) is 31.6 Å². The molecule has 10 nitrogen and oxygen atoms in total. The summed E-state index contributed by atoms with van der Waals surface area (Å²) in [5.74, 6) is 1.77. The molecule has 3 heterocycles. The number of furan rings is 1. The summed E-state index contributed by atoms with van der Waals surface area (Å²) in [5.41, 5.74) is 1.45. The van der Waals surface area contributed by atoms with Crippen LogP contribution in [0.5, 0.6) is 11.5 Å². The van der Waals surface area contributed by atoms with Gasteiger partial charge < -0.3 is 33.7 Å². The zero-order chi connectivity index (χ0) is 27.7. The van der Waals surface area contributed by atoms with Crippen molar-refractivity contribution in [1.82, 2.24) is 14.7 Å². The Balaban J connectivity index is 1.29. The number of hydrogen-bond acceptors (Lipinski definition) is 7. The maximum absolute atomic E-state index is 13.8. The number of amides is 3. The van der Waals surface area contributed by atoms with Crippen molar-refractivity contribution in [2.45, 2.75) is 19.5 Å². The SMILES string of the molecule is O=C(CN(CCCN1CCOCC1)C(=O)Nc1cccc(Cl)c1)N(Cc1ccc2c(c1)OCO2)Cc1ccco1. The Kier molecular flexibility index (Phi) is 9.43. The molecule has 0 spiro atoms. The predicted molar refractivity (Wildman–Crippen MR) is 149 cm³/mol. The van der Waals surface area contributed by atoms with Gasteiger partial charge in [-0.3, -0.25) is 9.69 Å². The number of carbonyl (C=O) groups is 2. The number of fused-ring (bicyclic) bond motifs is 1. The van der Waals surface area contributed by atoms with Crippen molar-refractivity contribution in [3.8, 4) is 11.5 Å². The van der Waals surface area contributed by atoms with Gasteiger partial charge in [-0.25, -0.2) is 4.79 Å². The van der Waals surface area contributed by atoms with Crippen LogP contribution in [0.25, 0.3) is 0 Å². The van der Waals surface area contributed by atoms with Gasteiger partial charge in [0, 0.05) is 43.4 Å². The zero-order valence-electron chi connectivity index (χ0n) is 22.2. The highest BCUT2D eigenvalue weighted by Crippen LogP contribution is 2.33.